The summed E-state index contributed by atoms with van der Waals surface area (Å²) in [5.41, 5.74) is 11.6. The summed E-state index contributed by atoms with van der Waals surface area (Å²) >= 11 is 0. The number of carbonyl (C=O) groups excluding carboxylic acids is 3. The molecule has 0 spiro atoms. The van der Waals surface area contributed by atoms with E-state index >= 15 is 0 Å². The van der Waals surface area contributed by atoms with Crippen molar-refractivity contribution in [1.29, 1.82) is 0 Å². The number of nitrogens with one attached hydrogen (secondary N) is 3. The second-order valence-corrected chi connectivity index (χ2v) is 10.1. The number of amides is 4. The van der Waals surface area contributed by atoms with Crippen LogP contribution in [0.1, 0.15) is 41.8 Å². The Balaban J connectivity index is 1.99. The van der Waals surface area contributed by atoms with E-state index in [2.05, 4.69) is 16.2 Å². The first kappa shape index (κ1) is 26.8. The van der Waals surface area contributed by atoms with Gasteiger partial charge in [-0.15, -0.1) is 0 Å². The van der Waals surface area contributed by atoms with Crippen molar-refractivity contribution in [3.8, 4) is 0 Å². The molecule has 2 aromatic rings. The highest BCUT2D eigenvalue weighted by molar-refractivity contribution is 7.89. The van der Waals surface area contributed by atoms with Gasteiger partial charge in [-0.05, 0) is 42.7 Å². The molecule has 0 aliphatic carbocycles. The third-order valence-electron chi connectivity index (χ3n) is 5.44. The first-order chi connectivity index (χ1) is 15.9. The summed E-state index contributed by atoms with van der Waals surface area (Å²) in [6.45, 7) is 5.63. The molecule has 0 fully saturated rings. The summed E-state index contributed by atoms with van der Waals surface area (Å²) in [7, 11) is -2.17. The Kier molecular flexibility index (Phi) is 9.16. The standard InChI is InChI=1S/C23H31N5O5S/c1-5-16(3)20(25-23(24)31)22(30)27-26-21(29)18-10-8-17(9-11-18)14-28(4)34(32,33)19-12-6-15(2)7-13-19/h6-13,16,20H,5,14H2,1-4H3,(H,26,29)(H,27,30)(H3,24,25,31)/t16-,20+/m0/s1. The molecule has 0 unspecified atom stereocenters. The van der Waals surface area contributed by atoms with Crippen LogP contribution in [0.15, 0.2) is 53.4 Å². The van der Waals surface area contributed by atoms with Crippen LogP contribution in [-0.2, 0) is 21.4 Å². The molecule has 34 heavy (non-hydrogen) atoms. The van der Waals surface area contributed by atoms with E-state index in [0.29, 0.717) is 12.0 Å². The largest absolute Gasteiger partial charge is 0.352 e. The van der Waals surface area contributed by atoms with Crippen LogP contribution in [0.4, 0.5) is 4.79 Å². The molecule has 10 nitrogen and oxygen atoms in total. The Bertz CT molecular complexity index is 1120. The van der Waals surface area contributed by atoms with Crippen LogP contribution in [0.25, 0.3) is 0 Å². The molecular formula is C23H31N5O5S. The molecule has 11 heteroatoms. The Morgan fingerprint density at radius 2 is 1.59 bits per heavy atom. The number of urea groups is 1. The minimum absolute atomic E-state index is 0.115. The van der Waals surface area contributed by atoms with Gasteiger partial charge in [0.2, 0.25) is 10.0 Å². The summed E-state index contributed by atoms with van der Waals surface area (Å²) in [6.07, 6.45) is 0.613. The van der Waals surface area contributed by atoms with Gasteiger partial charge in [0, 0.05) is 19.2 Å². The Morgan fingerprint density at radius 1 is 1.00 bits per heavy atom. The average molecular weight is 490 g/mol. The lowest BCUT2D eigenvalue weighted by molar-refractivity contribution is -0.124. The normalized spacial score (nSPS) is 13.1. The lowest BCUT2D eigenvalue weighted by atomic mass is 9.99. The molecule has 0 bridgehead atoms. The number of nitrogens with two attached hydrogens (primary N) is 1. The number of benzene rings is 2. The fourth-order valence-electron chi connectivity index (χ4n) is 3.12. The van der Waals surface area contributed by atoms with Gasteiger partial charge in [-0.1, -0.05) is 50.1 Å². The number of nitrogens with zero attached hydrogens (tertiary/aromatic N) is 1. The van der Waals surface area contributed by atoms with Crippen molar-refractivity contribution in [2.45, 2.75) is 44.7 Å². The zero-order valence-corrected chi connectivity index (χ0v) is 20.5. The highest BCUT2D eigenvalue weighted by Crippen LogP contribution is 2.17. The fraction of sp³-hybridized carbons (Fsp3) is 0.348. The molecule has 0 saturated heterocycles. The van der Waals surface area contributed by atoms with Crippen molar-refractivity contribution in [3.05, 3.63) is 65.2 Å². The minimum Gasteiger partial charge on any atom is -0.352 e. The van der Waals surface area contributed by atoms with Crippen molar-refractivity contribution in [3.63, 3.8) is 0 Å². The molecule has 184 valence electrons. The predicted octanol–water partition coefficient (Wildman–Crippen LogP) is 1.66. The van der Waals surface area contributed by atoms with E-state index in [4.69, 9.17) is 5.73 Å². The van der Waals surface area contributed by atoms with Crippen LogP contribution < -0.4 is 21.9 Å². The lowest BCUT2D eigenvalue weighted by Crippen LogP contribution is -2.55. The Labute approximate surface area is 199 Å². The van der Waals surface area contributed by atoms with Gasteiger partial charge in [0.15, 0.2) is 0 Å². The fourth-order valence-corrected chi connectivity index (χ4v) is 4.28. The van der Waals surface area contributed by atoms with Crippen LogP contribution in [0.3, 0.4) is 0 Å². The molecule has 5 N–H and O–H groups in total. The van der Waals surface area contributed by atoms with Crippen molar-refractivity contribution < 1.29 is 22.8 Å². The quantitative estimate of drug-likeness (QED) is 0.395. The molecule has 2 rings (SSSR count). The van der Waals surface area contributed by atoms with Crippen molar-refractivity contribution in [2.24, 2.45) is 11.7 Å². The summed E-state index contributed by atoms with van der Waals surface area (Å²) in [5, 5.41) is 2.37. The molecule has 0 saturated carbocycles. The molecule has 2 atom stereocenters. The topological polar surface area (TPSA) is 151 Å². The number of aryl methyl sites for hydroxylation is 1. The molecular weight excluding hydrogens is 458 g/mol. The first-order valence-electron chi connectivity index (χ1n) is 10.7. The maximum atomic E-state index is 12.8. The number of rotatable bonds is 9. The van der Waals surface area contributed by atoms with Crippen LogP contribution >= 0.6 is 0 Å². The van der Waals surface area contributed by atoms with E-state index in [-0.39, 0.29) is 22.9 Å². The molecule has 0 aliphatic heterocycles. The van der Waals surface area contributed by atoms with E-state index < -0.39 is 33.9 Å². The number of sulfonamides is 1. The highest BCUT2D eigenvalue weighted by atomic mass is 32.2. The molecule has 2 aromatic carbocycles. The molecule has 0 aromatic heterocycles. The zero-order valence-electron chi connectivity index (χ0n) is 19.7. The molecule has 0 heterocycles. The van der Waals surface area contributed by atoms with Gasteiger partial charge in [-0.25, -0.2) is 13.2 Å². The Morgan fingerprint density at radius 3 is 2.12 bits per heavy atom. The summed E-state index contributed by atoms with van der Waals surface area (Å²) in [6, 6.07) is 11.2. The minimum atomic E-state index is -3.66. The third kappa shape index (κ3) is 7.03. The summed E-state index contributed by atoms with van der Waals surface area (Å²) in [4.78, 5) is 36.1. The van der Waals surface area contributed by atoms with E-state index in [9.17, 15) is 22.8 Å². The maximum Gasteiger partial charge on any atom is 0.312 e. The first-order valence-corrected chi connectivity index (χ1v) is 12.2. The van der Waals surface area contributed by atoms with E-state index in [1.807, 2.05) is 13.8 Å². The van der Waals surface area contributed by atoms with Gasteiger partial charge in [0.25, 0.3) is 11.8 Å². The number of primary amides is 1. The maximum absolute atomic E-state index is 12.8. The smallest absolute Gasteiger partial charge is 0.312 e. The van der Waals surface area contributed by atoms with Crippen molar-refractivity contribution in [2.75, 3.05) is 7.05 Å². The van der Waals surface area contributed by atoms with Crippen LogP contribution in [0.5, 0.6) is 0 Å². The summed E-state index contributed by atoms with van der Waals surface area (Å²) < 4.78 is 26.7. The lowest BCUT2D eigenvalue weighted by Gasteiger charge is -2.22. The van der Waals surface area contributed by atoms with Gasteiger partial charge in [0.05, 0.1) is 4.90 Å². The highest BCUT2D eigenvalue weighted by Gasteiger charge is 2.25. The van der Waals surface area contributed by atoms with Gasteiger partial charge in [-0.2, -0.15) is 4.31 Å². The number of hydrogen-bond donors (Lipinski definition) is 4. The predicted molar refractivity (Wildman–Crippen MR) is 128 cm³/mol. The molecule has 0 radical (unpaired) electrons. The van der Waals surface area contributed by atoms with Crippen LogP contribution in [0, 0.1) is 12.8 Å². The van der Waals surface area contributed by atoms with E-state index in [1.165, 1.54) is 23.5 Å². The molecule has 0 aliphatic rings. The van der Waals surface area contributed by atoms with E-state index in [1.54, 1.807) is 43.3 Å². The second-order valence-electron chi connectivity index (χ2n) is 8.09. The third-order valence-corrected chi connectivity index (χ3v) is 7.26. The van der Waals surface area contributed by atoms with Gasteiger partial charge >= 0.3 is 6.03 Å². The van der Waals surface area contributed by atoms with Crippen LogP contribution in [-0.4, -0.2) is 43.7 Å². The zero-order chi connectivity index (χ0) is 25.5. The SMILES string of the molecule is CC[C@H](C)[C@@H](NC(N)=O)C(=O)NNC(=O)c1ccc(CN(C)S(=O)(=O)c2ccc(C)cc2)cc1. The Hall–Kier alpha value is -3.44. The number of carbonyl (C=O) groups is 3. The van der Waals surface area contributed by atoms with Crippen molar-refractivity contribution in [1.82, 2.24) is 20.5 Å². The van der Waals surface area contributed by atoms with Gasteiger partial charge in [0.1, 0.15) is 6.04 Å². The second kappa shape index (κ2) is 11.6. The summed E-state index contributed by atoms with van der Waals surface area (Å²) in [5.74, 6) is -1.36. The van der Waals surface area contributed by atoms with Crippen LogP contribution in [0.2, 0.25) is 0 Å². The average Bonchev–Trinajstić information content (AvgIpc) is 2.80. The van der Waals surface area contributed by atoms with E-state index in [0.717, 1.165) is 5.56 Å². The number of hydrogen-bond acceptors (Lipinski definition) is 5. The number of hydrazine groups is 1. The van der Waals surface area contributed by atoms with Crippen molar-refractivity contribution >= 4 is 27.9 Å². The van der Waals surface area contributed by atoms with Gasteiger partial charge in [-0.3, -0.25) is 20.4 Å². The monoisotopic (exact) mass is 489 g/mol. The molecule has 4 amide bonds. The van der Waals surface area contributed by atoms with Gasteiger partial charge < -0.3 is 11.1 Å².